The normalized spacial score (nSPS) is 26.4. The van der Waals surface area contributed by atoms with Crippen LogP contribution in [-0.2, 0) is 4.79 Å². The second-order valence-electron chi connectivity index (χ2n) is 3.92. The molecule has 1 aliphatic rings. The molecule has 0 spiro atoms. The highest BCUT2D eigenvalue weighted by molar-refractivity contribution is 5.83. The molecule has 0 aromatic carbocycles. The molecule has 5 heteroatoms. The predicted octanol–water partition coefficient (Wildman–Crippen LogP) is 0.463. The van der Waals surface area contributed by atoms with E-state index < -0.39 is 12.0 Å². The van der Waals surface area contributed by atoms with Crippen molar-refractivity contribution < 1.29 is 14.7 Å². The van der Waals surface area contributed by atoms with Crippen LogP contribution in [0.2, 0.25) is 0 Å². The highest BCUT2D eigenvalue weighted by atomic mass is 16.4. The van der Waals surface area contributed by atoms with E-state index in [4.69, 9.17) is 5.11 Å². The number of likely N-dealkylation sites (tertiary alicyclic amines) is 1. The second kappa shape index (κ2) is 3.86. The van der Waals surface area contributed by atoms with E-state index in [9.17, 15) is 9.59 Å². The Morgan fingerprint density at radius 3 is 2.43 bits per heavy atom. The van der Waals surface area contributed by atoms with Crippen molar-refractivity contribution in [2.45, 2.75) is 19.4 Å². The SMILES string of the molecule is CC1CCN(C(=O)N(C)C)C1C(=O)O. The largest absolute Gasteiger partial charge is 0.480 e. The molecule has 14 heavy (non-hydrogen) atoms. The molecule has 2 unspecified atom stereocenters. The molecule has 0 aromatic heterocycles. The predicted molar refractivity (Wildman–Crippen MR) is 51.0 cm³/mol. The fourth-order valence-corrected chi connectivity index (χ4v) is 1.80. The smallest absolute Gasteiger partial charge is 0.326 e. The van der Waals surface area contributed by atoms with E-state index in [1.54, 1.807) is 14.1 Å². The van der Waals surface area contributed by atoms with Gasteiger partial charge in [-0.1, -0.05) is 6.92 Å². The Hall–Kier alpha value is -1.26. The van der Waals surface area contributed by atoms with Crippen molar-refractivity contribution in [1.82, 2.24) is 9.80 Å². The molecule has 1 saturated heterocycles. The van der Waals surface area contributed by atoms with Crippen molar-refractivity contribution in [3.8, 4) is 0 Å². The molecule has 1 aliphatic heterocycles. The van der Waals surface area contributed by atoms with Gasteiger partial charge in [-0.2, -0.15) is 0 Å². The van der Waals surface area contributed by atoms with Crippen LogP contribution in [0.4, 0.5) is 4.79 Å². The Kier molecular flexibility index (Phi) is 2.98. The molecule has 1 heterocycles. The van der Waals surface area contributed by atoms with Gasteiger partial charge in [0, 0.05) is 20.6 Å². The van der Waals surface area contributed by atoms with Crippen molar-refractivity contribution in [2.75, 3.05) is 20.6 Å². The molecular formula is C9H16N2O3. The lowest BCUT2D eigenvalue weighted by Crippen LogP contribution is -2.47. The first kappa shape index (κ1) is 10.8. The zero-order valence-corrected chi connectivity index (χ0v) is 8.73. The summed E-state index contributed by atoms with van der Waals surface area (Å²) in [5.41, 5.74) is 0. The van der Waals surface area contributed by atoms with E-state index in [-0.39, 0.29) is 11.9 Å². The number of rotatable bonds is 1. The molecule has 0 bridgehead atoms. The van der Waals surface area contributed by atoms with Crippen LogP contribution in [-0.4, -0.2) is 53.6 Å². The van der Waals surface area contributed by atoms with Crippen LogP contribution in [0.5, 0.6) is 0 Å². The van der Waals surface area contributed by atoms with Crippen molar-refractivity contribution in [3.05, 3.63) is 0 Å². The van der Waals surface area contributed by atoms with Gasteiger partial charge in [0.05, 0.1) is 0 Å². The summed E-state index contributed by atoms with van der Waals surface area (Å²) in [5, 5.41) is 8.97. The van der Waals surface area contributed by atoms with Crippen LogP contribution in [0, 0.1) is 5.92 Å². The van der Waals surface area contributed by atoms with E-state index >= 15 is 0 Å². The molecule has 0 saturated carbocycles. The maximum atomic E-state index is 11.6. The number of carboxylic acid groups (broad SMARTS) is 1. The van der Waals surface area contributed by atoms with Gasteiger partial charge in [-0.15, -0.1) is 0 Å². The number of carbonyl (C=O) groups excluding carboxylic acids is 1. The van der Waals surface area contributed by atoms with Gasteiger partial charge in [0.25, 0.3) is 0 Å². The summed E-state index contributed by atoms with van der Waals surface area (Å²) in [6.45, 7) is 2.40. The highest BCUT2D eigenvalue weighted by Crippen LogP contribution is 2.24. The molecule has 2 amide bonds. The molecule has 2 atom stereocenters. The lowest BCUT2D eigenvalue weighted by atomic mass is 10.0. The number of carbonyl (C=O) groups is 2. The summed E-state index contributed by atoms with van der Waals surface area (Å²) in [7, 11) is 3.26. The number of carboxylic acids is 1. The monoisotopic (exact) mass is 200 g/mol. The fourth-order valence-electron chi connectivity index (χ4n) is 1.80. The summed E-state index contributed by atoms with van der Waals surface area (Å²) in [4.78, 5) is 25.4. The molecule has 0 aliphatic carbocycles. The second-order valence-corrected chi connectivity index (χ2v) is 3.92. The maximum absolute atomic E-state index is 11.6. The summed E-state index contributed by atoms with van der Waals surface area (Å²) < 4.78 is 0. The summed E-state index contributed by atoms with van der Waals surface area (Å²) in [6, 6.07) is -0.883. The van der Waals surface area contributed by atoms with Gasteiger partial charge in [-0.3, -0.25) is 0 Å². The van der Waals surface area contributed by atoms with Crippen LogP contribution >= 0.6 is 0 Å². The van der Waals surface area contributed by atoms with Crippen LogP contribution in [0.25, 0.3) is 0 Å². The standard InChI is InChI=1S/C9H16N2O3/c1-6-4-5-11(7(6)8(12)13)9(14)10(2)3/h6-7H,4-5H2,1-3H3,(H,12,13). The van der Waals surface area contributed by atoms with Gasteiger partial charge >= 0.3 is 12.0 Å². The summed E-state index contributed by atoms with van der Waals surface area (Å²) in [5.74, 6) is -0.874. The Bertz CT molecular complexity index is 252. The molecule has 1 rings (SSSR count). The first-order valence-electron chi connectivity index (χ1n) is 4.66. The van der Waals surface area contributed by atoms with E-state index in [1.165, 1.54) is 9.80 Å². The van der Waals surface area contributed by atoms with Gasteiger partial charge in [0.15, 0.2) is 0 Å². The lowest BCUT2D eigenvalue weighted by molar-refractivity contribution is -0.142. The summed E-state index contributed by atoms with van der Waals surface area (Å²) in [6.07, 6.45) is 0.760. The minimum atomic E-state index is -0.912. The van der Waals surface area contributed by atoms with Gasteiger partial charge in [-0.25, -0.2) is 9.59 Å². The van der Waals surface area contributed by atoms with E-state index in [0.717, 1.165) is 6.42 Å². The number of hydrogen-bond acceptors (Lipinski definition) is 2. The number of aliphatic carboxylic acids is 1. The number of hydrogen-bond donors (Lipinski definition) is 1. The average Bonchev–Trinajstić information content (AvgIpc) is 2.45. The number of amides is 2. The van der Waals surface area contributed by atoms with Gasteiger partial charge in [0.2, 0.25) is 0 Å². The van der Waals surface area contributed by atoms with E-state index in [2.05, 4.69) is 0 Å². The quantitative estimate of drug-likeness (QED) is 0.669. The van der Waals surface area contributed by atoms with E-state index in [1.807, 2.05) is 6.92 Å². The molecule has 1 N–H and O–H groups in total. The minimum Gasteiger partial charge on any atom is -0.480 e. The molecular weight excluding hydrogens is 184 g/mol. The Morgan fingerprint density at radius 2 is 2.00 bits per heavy atom. The van der Waals surface area contributed by atoms with Crippen molar-refractivity contribution in [2.24, 2.45) is 5.92 Å². The first-order chi connectivity index (χ1) is 6.45. The first-order valence-corrected chi connectivity index (χ1v) is 4.66. The van der Waals surface area contributed by atoms with Crippen LogP contribution < -0.4 is 0 Å². The third-order valence-corrected chi connectivity index (χ3v) is 2.58. The highest BCUT2D eigenvalue weighted by Gasteiger charge is 2.39. The third kappa shape index (κ3) is 1.81. The van der Waals surface area contributed by atoms with Gasteiger partial charge < -0.3 is 14.9 Å². The van der Waals surface area contributed by atoms with Gasteiger partial charge in [0.1, 0.15) is 6.04 Å². The number of urea groups is 1. The maximum Gasteiger partial charge on any atom is 0.326 e. The van der Waals surface area contributed by atoms with Crippen LogP contribution in [0.15, 0.2) is 0 Å². The van der Waals surface area contributed by atoms with Crippen molar-refractivity contribution in [3.63, 3.8) is 0 Å². The average molecular weight is 200 g/mol. The minimum absolute atomic E-state index is 0.0383. The van der Waals surface area contributed by atoms with Crippen molar-refractivity contribution >= 4 is 12.0 Å². The zero-order chi connectivity index (χ0) is 10.9. The topological polar surface area (TPSA) is 60.9 Å². The molecule has 0 radical (unpaired) electrons. The summed E-state index contributed by atoms with van der Waals surface area (Å²) >= 11 is 0. The van der Waals surface area contributed by atoms with Crippen LogP contribution in [0.3, 0.4) is 0 Å². The molecule has 0 aromatic rings. The Morgan fingerprint density at radius 1 is 1.43 bits per heavy atom. The molecule has 80 valence electrons. The fraction of sp³-hybridized carbons (Fsp3) is 0.778. The van der Waals surface area contributed by atoms with Gasteiger partial charge in [-0.05, 0) is 12.3 Å². The van der Waals surface area contributed by atoms with Crippen molar-refractivity contribution in [1.29, 1.82) is 0 Å². The van der Waals surface area contributed by atoms with E-state index in [0.29, 0.717) is 6.54 Å². The third-order valence-electron chi connectivity index (χ3n) is 2.58. The number of nitrogens with zero attached hydrogens (tertiary/aromatic N) is 2. The lowest BCUT2D eigenvalue weighted by Gasteiger charge is -2.26. The van der Waals surface area contributed by atoms with Crippen LogP contribution in [0.1, 0.15) is 13.3 Å². The molecule has 5 nitrogen and oxygen atoms in total. The Labute approximate surface area is 83.3 Å². The Balaban J connectivity index is 2.79. The molecule has 1 fully saturated rings. The zero-order valence-electron chi connectivity index (χ0n) is 8.73.